The number of aryl methyl sites for hydroxylation is 2. The first kappa shape index (κ1) is 19.2. The number of rotatable bonds is 8. The minimum atomic E-state index is -3.52. The molecule has 0 radical (unpaired) electrons. The molecule has 1 aromatic rings. The van der Waals surface area contributed by atoms with E-state index in [0.717, 1.165) is 17.7 Å². The maximum absolute atomic E-state index is 12.3. The van der Waals surface area contributed by atoms with Crippen LogP contribution in [0.2, 0.25) is 0 Å². The van der Waals surface area contributed by atoms with Crippen molar-refractivity contribution in [1.29, 1.82) is 0 Å². The number of hydrogen-bond donors (Lipinski definition) is 3. The van der Waals surface area contributed by atoms with E-state index in [1.807, 2.05) is 26.0 Å². The predicted molar refractivity (Wildman–Crippen MR) is 95.3 cm³/mol. The molecule has 0 saturated heterocycles. The van der Waals surface area contributed by atoms with E-state index in [9.17, 15) is 8.42 Å². The first-order chi connectivity index (χ1) is 10.9. The Hall–Kier alpha value is -1.86. The van der Waals surface area contributed by atoms with Gasteiger partial charge in [0.05, 0.1) is 11.4 Å². The fourth-order valence-corrected chi connectivity index (χ4v) is 3.28. The largest absolute Gasteiger partial charge is 0.357 e. The van der Waals surface area contributed by atoms with Crippen LogP contribution in [0.5, 0.6) is 0 Å². The first-order valence-corrected chi connectivity index (χ1v) is 9.09. The molecule has 128 valence electrons. The number of nitrogens with one attached hydrogen (secondary N) is 3. The van der Waals surface area contributed by atoms with Gasteiger partial charge in [0, 0.05) is 19.6 Å². The van der Waals surface area contributed by atoms with Crippen molar-refractivity contribution < 1.29 is 8.42 Å². The molecule has 0 unspecified atom stereocenters. The second-order valence-corrected chi connectivity index (χ2v) is 6.83. The average molecular weight is 338 g/mol. The summed E-state index contributed by atoms with van der Waals surface area (Å²) >= 11 is 0. The average Bonchev–Trinajstić information content (AvgIpc) is 2.51. The highest BCUT2D eigenvalue weighted by atomic mass is 32.2. The molecule has 6 nitrogen and oxygen atoms in total. The van der Waals surface area contributed by atoms with Gasteiger partial charge in [-0.2, -0.15) is 0 Å². The Morgan fingerprint density at radius 2 is 2.04 bits per heavy atom. The molecule has 0 saturated carbocycles. The number of aliphatic imine (C=N–C) groups is 1. The zero-order valence-corrected chi connectivity index (χ0v) is 14.8. The van der Waals surface area contributed by atoms with Crippen molar-refractivity contribution in [1.82, 2.24) is 15.4 Å². The zero-order valence-electron chi connectivity index (χ0n) is 14.0. The van der Waals surface area contributed by atoms with Gasteiger partial charge in [0.25, 0.3) is 0 Å². The van der Waals surface area contributed by atoms with Crippen molar-refractivity contribution >= 4 is 16.0 Å². The lowest BCUT2D eigenvalue weighted by Gasteiger charge is -2.11. The third-order valence-electron chi connectivity index (χ3n) is 3.07. The standard InChI is InChI=1S/C16H26N4O2S/c1-5-9-18-16(17-6-2)19-10-11-20-23(21,22)15-12-13(3)7-8-14(15)4/h5,7-8,12,20H,1,6,9-11H2,2-4H3,(H2,17,18,19). The van der Waals surface area contributed by atoms with Gasteiger partial charge in [0.1, 0.15) is 0 Å². The minimum Gasteiger partial charge on any atom is -0.357 e. The first-order valence-electron chi connectivity index (χ1n) is 7.60. The monoisotopic (exact) mass is 338 g/mol. The van der Waals surface area contributed by atoms with Crippen molar-refractivity contribution in [2.24, 2.45) is 4.99 Å². The van der Waals surface area contributed by atoms with Gasteiger partial charge in [-0.1, -0.05) is 18.2 Å². The van der Waals surface area contributed by atoms with Crippen molar-refractivity contribution in [3.8, 4) is 0 Å². The maximum atomic E-state index is 12.3. The Kier molecular flexibility index (Phi) is 7.77. The molecule has 0 aromatic heterocycles. The third kappa shape index (κ3) is 6.42. The second-order valence-electron chi connectivity index (χ2n) is 5.10. The fourth-order valence-electron chi connectivity index (χ4n) is 1.93. The van der Waals surface area contributed by atoms with Gasteiger partial charge in [0.2, 0.25) is 10.0 Å². The summed E-state index contributed by atoms with van der Waals surface area (Å²) in [6, 6.07) is 5.38. The van der Waals surface area contributed by atoms with Gasteiger partial charge in [0.15, 0.2) is 5.96 Å². The Labute approximate surface area is 139 Å². The molecule has 1 aromatic carbocycles. The van der Waals surface area contributed by atoms with Crippen LogP contribution in [-0.4, -0.2) is 40.6 Å². The van der Waals surface area contributed by atoms with Gasteiger partial charge < -0.3 is 10.6 Å². The Bertz CT molecular complexity index is 654. The van der Waals surface area contributed by atoms with Crippen molar-refractivity contribution in [3.05, 3.63) is 42.0 Å². The summed E-state index contributed by atoms with van der Waals surface area (Å²) in [5, 5.41) is 6.14. The van der Waals surface area contributed by atoms with E-state index in [0.29, 0.717) is 23.9 Å². The van der Waals surface area contributed by atoms with Gasteiger partial charge in [-0.25, -0.2) is 13.1 Å². The fraction of sp³-hybridized carbons (Fsp3) is 0.438. The highest BCUT2D eigenvalue weighted by Crippen LogP contribution is 2.16. The molecule has 0 atom stereocenters. The maximum Gasteiger partial charge on any atom is 0.240 e. The lowest BCUT2D eigenvalue weighted by molar-refractivity contribution is 0.581. The van der Waals surface area contributed by atoms with Gasteiger partial charge in [-0.3, -0.25) is 4.99 Å². The highest BCUT2D eigenvalue weighted by molar-refractivity contribution is 7.89. The minimum absolute atomic E-state index is 0.236. The van der Waals surface area contributed by atoms with E-state index in [2.05, 4.69) is 26.9 Å². The van der Waals surface area contributed by atoms with Crippen LogP contribution in [0.4, 0.5) is 0 Å². The Balaban J connectivity index is 2.65. The van der Waals surface area contributed by atoms with Crippen LogP contribution in [0.15, 0.2) is 40.7 Å². The molecule has 0 bridgehead atoms. The Morgan fingerprint density at radius 3 is 2.70 bits per heavy atom. The zero-order chi connectivity index (χ0) is 17.3. The van der Waals surface area contributed by atoms with E-state index in [4.69, 9.17) is 0 Å². The van der Waals surface area contributed by atoms with Crippen LogP contribution in [0.1, 0.15) is 18.1 Å². The molecule has 3 N–H and O–H groups in total. The normalized spacial score (nSPS) is 12.0. The summed E-state index contributed by atoms with van der Waals surface area (Å²) in [6.07, 6.45) is 1.73. The van der Waals surface area contributed by atoms with Crippen LogP contribution >= 0.6 is 0 Å². The SMILES string of the molecule is C=CCNC(=NCCNS(=O)(=O)c1cc(C)ccc1C)NCC. The number of hydrogen-bond acceptors (Lipinski definition) is 3. The topological polar surface area (TPSA) is 82.6 Å². The number of benzene rings is 1. The van der Waals surface area contributed by atoms with Crippen LogP contribution in [0.3, 0.4) is 0 Å². The van der Waals surface area contributed by atoms with E-state index < -0.39 is 10.0 Å². The van der Waals surface area contributed by atoms with E-state index in [-0.39, 0.29) is 6.54 Å². The molecule has 0 aliphatic heterocycles. The quantitative estimate of drug-likeness (QED) is 0.289. The van der Waals surface area contributed by atoms with Crippen LogP contribution in [0, 0.1) is 13.8 Å². The molecule has 23 heavy (non-hydrogen) atoms. The summed E-state index contributed by atoms with van der Waals surface area (Å²) in [7, 11) is -3.52. The molecule has 1 rings (SSSR count). The van der Waals surface area contributed by atoms with Gasteiger partial charge in [-0.15, -0.1) is 6.58 Å². The molecule has 0 heterocycles. The summed E-state index contributed by atoms with van der Waals surface area (Å²) < 4.78 is 27.3. The summed E-state index contributed by atoms with van der Waals surface area (Å²) in [6.45, 7) is 11.2. The van der Waals surface area contributed by atoms with Crippen LogP contribution in [-0.2, 0) is 10.0 Å². The number of nitrogens with zero attached hydrogens (tertiary/aromatic N) is 1. The van der Waals surface area contributed by atoms with E-state index in [1.165, 1.54) is 0 Å². The lowest BCUT2D eigenvalue weighted by atomic mass is 10.2. The molecule has 0 amide bonds. The van der Waals surface area contributed by atoms with Gasteiger partial charge in [-0.05, 0) is 38.0 Å². The molecular weight excluding hydrogens is 312 g/mol. The summed E-state index contributed by atoms with van der Waals surface area (Å²) in [5.41, 5.74) is 1.64. The van der Waals surface area contributed by atoms with Crippen molar-refractivity contribution in [2.75, 3.05) is 26.2 Å². The third-order valence-corrected chi connectivity index (χ3v) is 4.67. The van der Waals surface area contributed by atoms with Crippen LogP contribution < -0.4 is 15.4 Å². The Morgan fingerprint density at radius 1 is 1.30 bits per heavy atom. The molecule has 7 heteroatoms. The highest BCUT2D eigenvalue weighted by Gasteiger charge is 2.16. The number of sulfonamides is 1. The van der Waals surface area contributed by atoms with Crippen LogP contribution in [0.25, 0.3) is 0 Å². The van der Waals surface area contributed by atoms with Crippen molar-refractivity contribution in [2.45, 2.75) is 25.7 Å². The van der Waals surface area contributed by atoms with E-state index >= 15 is 0 Å². The smallest absolute Gasteiger partial charge is 0.240 e. The molecular formula is C16H26N4O2S. The molecule has 0 aliphatic rings. The van der Waals surface area contributed by atoms with Crippen molar-refractivity contribution in [3.63, 3.8) is 0 Å². The predicted octanol–water partition coefficient (Wildman–Crippen LogP) is 1.32. The molecule has 0 aliphatic carbocycles. The number of guanidine groups is 1. The molecule has 0 fully saturated rings. The molecule has 0 spiro atoms. The summed E-state index contributed by atoms with van der Waals surface area (Å²) in [5.74, 6) is 0.637. The van der Waals surface area contributed by atoms with E-state index in [1.54, 1.807) is 19.1 Å². The summed E-state index contributed by atoms with van der Waals surface area (Å²) in [4.78, 5) is 4.63. The lowest BCUT2D eigenvalue weighted by Crippen LogP contribution is -2.38. The van der Waals surface area contributed by atoms with Gasteiger partial charge >= 0.3 is 0 Å². The second kappa shape index (κ2) is 9.32.